The number of carbonyl (C=O) groups is 1. The molecule has 1 fully saturated rings. The van der Waals surface area contributed by atoms with Crippen LogP contribution in [0.1, 0.15) is 40.0 Å². The van der Waals surface area contributed by atoms with Gasteiger partial charge in [0.2, 0.25) is 0 Å². The second-order valence-electron chi connectivity index (χ2n) is 7.14. The number of aliphatic hydroxyl groups is 2. The maximum atomic E-state index is 11.8. The van der Waals surface area contributed by atoms with E-state index in [1.54, 1.807) is 0 Å². The van der Waals surface area contributed by atoms with Crippen LogP contribution >= 0.6 is 0 Å². The van der Waals surface area contributed by atoms with Gasteiger partial charge in [-0.2, -0.15) is 0 Å². The zero-order valence-electron chi connectivity index (χ0n) is 11.8. The van der Waals surface area contributed by atoms with Gasteiger partial charge in [-0.1, -0.05) is 27.2 Å². The molecule has 0 saturated heterocycles. The molecule has 0 bridgehead atoms. The third kappa shape index (κ3) is 1.56. The number of esters is 1. The van der Waals surface area contributed by atoms with Crippen LogP contribution in [0.4, 0.5) is 0 Å². The maximum Gasteiger partial charge on any atom is 0.337 e. The molecule has 0 aromatic rings. The van der Waals surface area contributed by atoms with Crippen LogP contribution in [-0.4, -0.2) is 35.0 Å². The lowest BCUT2D eigenvalue weighted by Gasteiger charge is -2.56. The van der Waals surface area contributed by atoms with Crippen LogP contribution < -0.4 is 0 Å². The van der Waals surface area contributed by atoms with E-state index in [2.05, 4.69) is 20.8 Å². The Morgan fingerprint density at radius 1 is 1.21 bits per heavy atom. The molecule has 0 aromatic heterocycles. The van der Waals surface area contributed by atoms with Gasteiger partial charge in [0.05, 0.1) is 11.7 Å². The molecule has 3 aliphatic rings. The summed E-state index contributed by atoms with van der Waals surface area (Å²) in [5, 5.41) is 20.8. The van der Waals surface area contributed by atoms with E-state index in [1.807, 2.05) is 0 Å². The molecule has 1 saturated carbocycles. The number of hydrogen-bond acceptors (Lipinski definition) is 4. The van der Waals surface area contributed by atoms with Crippen molar-refractivity contribution in [1.82, 2.24) is 0 Å². The van der Waals surface area contributed by atoms with Crippen molar-refractivity contribution in [3.63, 3.8) is 0 Å². The number of fused-ring (bicyclic) bond motifs is 2. The summed E-state index contributed by atoms with van der Waals surface area (Å²) in [5.74, 6) is -0.485. The molecule has 1 aliphatic heterocycles. The van der Waals surface area contributed by atoms with Gasteiger partial charge in [0, 0.05) is 5.92 Å². The molecule has 4 nitrogen and oxygen atoms in total. The third-order valence-electron chi connectivity index (χ3n) is 5.59. The van der Waals surface area contributed by atoms with E-state index in [4.69, 9.17) is 4.74 Å². The minimum Gasteiger partial charge on any atom is -0.458 e. The van der Waals surface area contributed by atoms with Crippen molar-refractivity contribution >= 4 is 5.97 Å². The second-order valence-corrected chi connectivity index (χ2v) is 7.14. The first kappa shape index (κ1) is 13.1. The number of rotatable bonds is 0. The summed E-state index contributed by atoms with van der Waals surface area (Å²) in [4.78, 5) is 11.8. The van der Waals surface area contributed by atoms with Crippen molar-refractivity contribution in [2.75, 3.05) is 6.61 Å². The molecule has 0 spiro atoms. The van der Waals surface area contributed by atoms with Gasteiger partial charge in [-0.05, 0) is 29.2 Å². The van der Waals surface area contributed by atoms with Gasteiger partial charge in [0.25, 0.3) is 0 Å². The molecule has 19 heavy (non-hydrogen) atoms. The van der Waals surface area contributed by atoms with Gasteiger partial charge < -0.3 is 14.9 Å². The van der Waals surface area contributed by atoms with Crippen molar-refractivity contribution in [1.29, 1.82) is 0 Å². The van der Waals surface area contributed by atoms with Gasteiger partial charge in [0.15, 0.2) is 0 Å². The number of aliphatic hydroxyl groups excluding tert-OH is 2. The van der Waals surface area contributed by atoms with Crippen LogP contribution in [-0.2, 0) is 9.53 Å². The van der Waals surface area contributed by atoms with Gasteiger partial charge in [-0.25, -0.2) is 4.79 Å². The highest BCUT2D eigenvalue weighted by Crippen LogP contribution is 2.60. The molecule has 4 atom stereocenters. The van der Waals surface area contributed by atoms with Gasteiger partial charge in [0.1, 0.15) is 12.7 Å². The first-order chi connectivity index (χ1) is 8.79. The molecule has 0 aromatic carbocycles. The quantitative estimate of drug-likeness (QED) is 0.651. The third-order valence-corrected chi connectivity index (χ3v) is 5.59. The molecule has 0 unspecified atom stereocenters. The van der Waals surface area contributed by atoms with Crippen LogP contribution in [0.15, 0.2) is 11.1 Å². The van der Waals surface area contributed by atoms with Crippen molar-refractivity contribution in [3.05, 3.63) is 11.1 Å². The smallest absolute Gasteiger partial charge is 0.337 e. The average molecular weight is 266 g/mol. The summed E-state index contributed by atoms with van der Waals surface area (Å²) < 4.78 is 5.12. The van der Waals surface area contributed by atoms with Crippen molar-refractivity contribution in [3.8, 4) is 0 Å². The normalized spacial score (nSPS) is 44.7. The number of cyclic esters (lactones) is 1. The van der Waals surface area contributed by atoms with Crippen LogP contribution in [0.2, 0.25) is 0 Å². The van der Waals surface area contributed by atoms with Crippen LogP contribution in [0.3, 0.4) is 0 Å². The number of hydrogen-bond donors (Lipinski definition) is 2. The monoisotopic (exact) mass is 266 g/mol. The predicted octanol–water partition coefficient (Wildman–Crippen LogP) is 1.41. The molecule has 4 heteroatoms. The maximum absolute atomic E-state index is 11.8. The minimum atomic E-state index is -1.10. The fourth-order valence-corrected chi connectivity index (χ4v) is 4.80. The molecular formula is C15H22O4. The Morgan fingerprint density at radius 2 is 1.89 bits per heavy atom. The van der Waals surface area contributed by atoms with Crippen LogP contribution in [0.5, 0.6) is 0 Å². The lowest BCUT2D eigenvalue weighted by atomic mass is 9.49. The Labute approximate surface area is 113 Å². The van der Waals surface area contributed by atoms with E-state index in [0.29, 0.717) is 5.57 Å². The summed E-state index contributed by atoms with van der Waals surface area (Å²) in [5.41, 5.74) is 0.969. The number of ether oxygens (including phenoxy) is 1. The highest BCUT2D eigenvalue weighted by Gasteiger charge is 2.59. The molecule has 1 heterocycles. The largest absolute Gasteiger partial charge is 0.458 e. The Balaban J connectivity index is 2.17. The predicted molar refractivity (Wildman–Crippen MR) is 69.2 cm³/mol. The molecule has 2 aliphatic carbocycles. The molecule has 3 rings (SSSR count). The van der Waals surface area contributed by atoms with Crippen molar-refractivity contribution in [2.24, 2.45) is 16.7 Å². The van der Waals surface area contributed by atoms with E-state index in [0.717, 1.165) is 24.8 Å². The van der Waals surface area contributed by atoms with E-state index < -0.39 is 18.2 Å². The number of carbonyl (C=O) groups excluding carboxylic acids is 1. The summed E-state index contributed by atoms with van der Waals surface area (Å²) >= 11 is 0. The molecule has 2 N–H and O–H groups in total. The van der Waals surface area contributed by atoms with E-state index in [9.17, 15) is 15.0 Å². The Hall–Kier alpha value is -0.870. The summed E-state index contributed by atoms with van der Waals surface area (Å²) in [7, 11) is 0. The fourth-order valence-electron chi connectivity index (χ4n) is 4.80. The van der Waals surface area contributed by atoms with E-state index in [-0.39, 0.29) is 23.4 Å². The standard InChI is InChI=1S/C15H22O4/c1-14(2)5-4-6-15(3)8-7-19-13(18)9(8)10(16)11(17)12(14)15/h10-12,16-17H,4-7H2,1-3H3/t10-,11+,12-,15+/m0/s1. The zero-order valence-corrected chi connectivity index (χ0v) is 11.8. The van der Waals surface area contributed by atoms with Gasteiger partial charge in [-0.3, -0.25) is 0 Å². The van der Waals surface area contributed by atoms with Crippen molar-refractivity contribution < 1.29 is 19.7 Å². The SMILES string of the molecule is CC1(C)CCC[C@]2(C)C3=C(C(=O)OC3)[C@H](O)[C@@H](O)[C@@H]12. The first-order valence-corrected chi connectivity index (χ1v) is 7.06. The molecule has 106 valence electrons. The van der Waals surface area contributed by atoms with Gasteiger partial charge in [-0.15, -0.1) is 0 Å². The van der Waals surface area contributed by atoms with Crippen molar-refractivity contribution in [2.45, 2.75) is 52.2 Å². The zero-order chi connectivity index (χ0) is 14.0. The van der Waals surface area contributed by atoms with E-state index >= 15 is 0 Å². The molecular weight excluding hydrogens is 244 g/mol. The Kier molecular flexibility index (Phi) is 2.64. The van der Waals surface area contributed by atoms with Crippen LogP contribution in [0.25, 0.3) is 0 Å². The summed E-state index contributed by atoms with van der Waals surface area (Å²) in [6.07, 6.45) is 1.08. The average Bonchev–Trinajstić information content (AvgIpc) is 2.68. The topological polar surface area (TPSA) is 66.8 Å². The highest BCUT2D eigenvalue weighted by molar-refractivity contribution is 5.93. The first-order valence-electron chi connectivity index (χ1n) is 7.06. The highest BCUT2D eigenvalue weighted by atomic mass is 16.5. The Morgan fingerprint density at radius 3 is 2.58 bits per heavy atom. The molecule has 0 radical (unpaired) electrons. The fraction of sp³-hybridized carbons (Fsp3) is 0.800. The summed E-state index contributed by atoms with van der Waals surface area (Å²) in [6.45, 7) is 6.69. The Bertz CT molecular complexity index is 465. The molecule has 0 amide bonds. The lowest BCUT2D eigenvalue weighted by Crippen LogP contribution is -2.57. The minimum absolute atomic E-state index is 0.0306. The van der Waals surface area contributed by atoms with Crippen LogP contribution in [0, 0.1) is 16.7 Å². The van der Waals surface area contributed by atoms with E-state index in [1.165, 1.54) is 0 Å². The lowest BCUT2D eigenvalue weighted by molar-refractivity contribution is -0.139. The second kappa shape index (κ2) is 3.83. The summed E-state index contributed by atoms with van der Waals surface area (Å²) in [6, 6.07) is 0. The van der Waals surface area contributed by atoms with Gasteiger partial charge >= 0.3 is 5.97 Å².